The lowest BCUT2D eigenvalue weighted by Gasteiger charge is -2.32. The molecular formula is C11H22N2O. The minimum atomic E-state index is 0.308. The maximum atomic E-state index is 9.03. The fourth-order valence-corrected chi connectivity index (χ4v) is 2.31. The zero-order valence-corrected chi connectivity index (χ0v) is 8.84. The standard InChI is InChI=1S/C11H22N2O/c14-8-6-11(13-9-4-5-9)10-3-1-2-7-12-10/h9-14H,1-8H2/t10-,11-/m1/s1. The molecule has 2 rings (SSSR count). The summed E-state index contributed by atoms with van der Waals surface area (Å²) < 4.78 is 0. The van der Waals surface area contributed by atoms with Crippen LogP contribution in [-0.4, -0.2) is 36.4 Å². The van der Waals surface area contributed by atoms with Gasteiger partial charge in [0.05, 0.1) is 0 Å². The first-order valence-electron chi connectivity index (χ1n) is 6.00. The molecule has 1 saturated carbocycles. The van der Waals surface area contributed by atoms with E-state index < -0.39 is 0 Å². The molecule has 2 aliphatic rings. The van der Waals surface area contributed by atoms with Crippen molar-refractivity contribution in [1.82, 2.24) is 10.6 Å². The second-order valence-electron chi connectivity index (χ2n) is 4.62. The van der Waals surface area contributed by atoms with E-state index in [0.29, 0.717) is 18.7 Å². The van der Waals surface area contributed by atoms with Crippen LogP contribution in [0.2, 0.25) is 0 Å². The highest BCUT2D eigenvalue weighted by Crippen LogP contribution is 2.22. The molecule has 1 heterocycles. The van der Waals surface area contributed by atoms with E-state index in [-0.39, 0.29) is 0 Å². The normalized spacial score (nSPS) is 30.2. The molecule has 0 aromatic heterocycles. The summed E-state index contributed by atoms with van der Waals surface area (Å²) in [7, 11) is 0. The Bertz CT molecular complexity index is 165. The van der Waals surface area contributed by atoms with E-state index in [4.69, 9.17) is 5.11 Å². The monoisotopic (exact) mass is 198 g/mol. The zero-order chi connectivity index (χ0) is 9.80. The summed E-state index contributed by atoms with van der Waals surface area (Å²) in [4.78, 5) is 0. The van der Waals surface area contributed by atoms with Gasteiger partial charge in [0.25, 0.3) is 0 Å². The van der Waals surface area contributed by atoms with E-state index in [1.807, 2.05) is 0 Å². The Labute approximate surface area is 86.3 Å². The third-order valence-electron chi connectivity index (χ3n) is 3.30. The summed E-state index contributed by atoms with van der Waals surface area (Å²) in [5.74, 6) is 0. The van der Waals surface area contributed by atoms with Gasteiger partial charge in [-0.2, -0.15) is 0 Å². The molecule has 0 aromatic carbocycles. The van der Waals surface area contributed by atoms with Crippen molar-refractivity contribution < 1.29 is 5.11 Å². The fraction of sp³-hybridized carbons (Fsp3) is 1.00. The van der Waals surface area contributed by atoms with Gasteiger partial charge in [-0.3, -0.25) is 0 Å². The molecule has 3 heteroatoms. The molecule has 0 radical (unpaired) electrons. The smallest absolute Gasteiger partial charge is 0.0446 e. The van der Waals surface area contributed by atoms with Gasteiger partial charge in [0.1, 0.15) is 0 Å². The van der Waals surface area contributed by atoms with Crippen molar-refractivity contribution in [2.24, 2.45) is 0 Å². The van der Waals surface area contributed by atoms with Crippen molar-refractivity contribution in [3.8, 4) is 0 Å². The molecule has 14 heavy (non-hydrogen) atoms. The van der Waals surface area contributed by atoms with Gasteiger partial charge >= 0.3 is 0 Å². The van der Waals surface area contributed by atoms with Crippen molar-refractivity contribution >= 4 is 0 Å². The SMILES string of the molecule is OCC[C@@H](NC1CC1)[C@H]1CCCCN1. The first-order valence-corrected chi connectivity index (χ1v) is 6.00. The number of aliphatic hydroxyl groups excluding tert-OH is 1. The summed E-state index contributed by atoms with van der Waals surface area (Å²) >= 11 is 0. The molecule has 3 N–H and O–H groups in total. The number of nitrogens with one attached hydrogen (secondary N) is 2. The highest BCUT2D eigenvalue weighted by molar-refractivity contribution is 4.91. The average molecular weight is 198 g/mol. The third-order valence-corrected chi connectivity index (χ3v) is 3.30. The van der Waals surface area contributed by atoms with Gasteiger partial charge in [-0.05, 0) is 38.6 Å². The predicted molar refractivity (Wildman–Crippen MR) is 57.3 cm³/mol. The largest absolute Gasteiger partial charge is 0.396 e. The molecule has 1 aliphatic heterocycles. The quantitative estimate of drug-likeness (QED) is 0.607. The van der Waals surface area contributed by atoms with E-state index in [0.717, 1.165) is 19.0 Å². The van der Waals surface area contributed by atoms with Crippen molar-refractivity contribution in [1.29, 1.82) is 0 Å². The minimum Gasteiger partial charge on any atom is -0.396 e. The Morgan fingerprint density at radius 2 is 2.14 bits per heavy atom. The number of aliphatic hydroxyl groups is 1. The number of hydrogen-bond acceptors (Lipinski definition) is 3. The molecule has 0 amide bonds. The van der Waals surface area contributed by atoms with Crippen LogP contribution in [0.4, 0.5) is 0 Å². The van der Waals surface area contributed by atoms with Gasteiger partial charge in [0.2, 0.25) is 0 Å². The summed E-state index contributed by atoms with van der Waals surface area (Å²) in [6, 6.07) is 1.83. The van der Waals surface area contributed by atoms with Gasteiger partial charge in [0.15, 0.2) is 0 Å². The molecular weight excluding hydrogens is 176 g/mol. The minimum absolute atomic E-state index is 0.308. The first-order chi connectivity index (χ1) is 6.90. The molecule has 1 aliphatic carbocycles. The van der Waals surface area contributed by atoms with Gasteiger partial charge in [-0.1, -0.05) is 6.42 Å². The van der Waals surface area contributed by atoms with Gasteiger partial charge in [-0.25, -0.2) is 0 Å². The summed E-state index contributed by atoms with van der Waals surface area (Å²) in [6.45, 7) is 1.46. The molecule has 3 nitrogen and oxygen atoms in total. The Hall–Kier alpha value is -0.120. The predicted octanol–water partition coefficient (Wildman–Crippen LogP) is 0.631. The van der Waals surface area contributed by atoms with E-state index in [1.165, 1.54) is 32.1 Å². The lowest BCUT2D eigenvalue weighted by Crippen LogP contribution is -2.51. The second kappa shape index (κ2) is 5.10. The van der Waals surface area contributed by atoms with Crippen molar-refractivity contribution in [2.75, 3.05) is 13.2 Å². The van der Waals surface area contributed by atoms with Crippen LogP contribution in [0.5, 0.6) is 0 Å². The van der Waals surface area contributed by atoms with Crippen LogP contribution >= 0.6 is 0 Å². The van der Waals surface area contributed by atoms with E-state index in [1.54, 1.807) is 0 Å². The second-order valence-corrected chi connectivity index (χ2v) is 4.62. The average Bonchev–Trinajstić information content (AvgIpc) is 3.03. The van der Waals surface area contributed by atoms with Crippen LogP contribution in [0.25, 0.3) is 0 Å². The highest BCUT2D eigenvalue weighted by Gasteiger charge is 2.29. The maximum absolute atomic E-state index is 9.03. The lowest BCUT2D eigenvalue weighted by atomic mass is 9.96. The van der Waals surface area contributed by atoms with Crippen molar-refractivity contribution in [2.45, 2.75) is 56.7 Å². The Morgan fingerprint density at radius 1 is 1.29 bits per heavy atom. The van der Waals surface area contributed by atoms with Crippen molar-refractivity contribution in [3.63, 3.8) is 0 Å². The number of hydrogen-bond donors (Lipinski definition) is 3. The van der Waals surface area contributed by atoms with Crippen LogP contribution in [-0.2, 0) is 0 Å². The fourth-order valence-electron chi connectivity index (χ4n) is 2.31. The van der Waals surface area contributed by atoms with Gasteiger partial charge in [0, 0.05) is 24.7 Å². The molecule has 0 bridgehead atoms. The number of rotatable bonds is 5. The topological polar surface area (TPSA) is 44.3 Å². The Morgan fingerprint density at radius 3 is 2.71 bits per heavy atom. The van der Waals surface area contributed by atoms with Gasteiger partial charge < -0.3 is 15.7 Å². The first kappa shape index (κ1) is 10.4. The Balaban J connectivity index is 1.79. The van der Waals surface area contributed by atoms with Crippen LogP contribution in [0.15, 0.2) is 0 Å². The van der Waals surface area contributed by atoms with E-state index >= 15 is 0 Å². The van der Waals surface area contributed by atoms with Crippen LogP contribution in [0, 0.1) is 0 Å². The highest BCUT2D eigenvalue weighted by atomic mass is 16.3. The molecule has 2 fully saturated rings. The zero-order valence-electron chi connectivity index (χ0n) is 8.84. The Kier molecular flexibility index (Phi) is 3.79. The molecule has 0 unspecified atom stereocenters. The lowest BCUT2D eigenvalue weighted by molar-refractivity contribution is 0.227. The van der Waals surface area contributed by atoms with Crippen LogP contribution in [0.1, 0.15) is 38.5 Å². The molecule has 2 atom stereocenters. The summed E-state index contributed by atoms with van der Waals surface area (Å²) in [5.41, 5.74) is 0. The van der Waals surface area contributed by atoms with Crippen molar-refractivity contribution in [3.05, 3.63) is 0 Å². The van der Waals surface area contributed by atoms with E-state index in [2.05, 4.69) is 10.6 Å². The van der Waals surface area contributed by atoms with Gasteiger partial charge in [-0.15, -0.1) is 0 Å². The molecule has 0 aromatic rings. The molecule has 0 spiro atoms. The molecule has 82 valence electrons. The molecule has 1 saturated heterocycles. The summed E-state index contributed by atoms with van der Waals surface area (Å²) in [6.07, 6.45) is 7.47. The maximum Gasteiger partial charge on any atom is 0.0446 e. The summed E-state index contributed by atoms with van der Waals surface area (Å²) in [5, 5.41) is 16.2. The van der Waals surface area contributed by atoms with E-state index in [9.17, 15) is 0 Å². The van der Waals surface area contributed by atoms with Crippen LogP contribution in [0.3, 0.4) is 0 Å². The third kappa shape index (κ3) is 2.94. The van der Waals surface area contributed by atoms with Crippen LogP contribution < -0.4 is 10.6 Å². The number of piperidine rings is 1.